The second kappa shape index (κ2) is 8.15. The van der Waals surface area contributed by atoms with E-state index in [1.807, 2.05) is 0 Å². The molecule has 1 rings (SSSR count). The number of hydrogen-bond acceptors (Lipinski definition) is 2. The summed E-state index contributed by atoms with van der Waals surface area (Å²) < 4.78 is 0. The highest BCUT2D eigenvalue weighted by Gasteiger charge is 2.15. The van der Waals surface area contributed by atoms with Gasteiger partial charge in [-0.3, -0.25) is 4.79 Å². The van der Waals surface area contributed by atoms with Crippen LogP contribution in [0.3, 0.4) is 0 Å². The summed E-state index contributed by atoms with van der Waals surface area (Å²) in [5, 5.41) is 11.9. The molecule has 0 aromatic rings. The second-order valence-electron chi connectivity index (χ2n) is 4.99. The molecule has 17 heavy (non-hydrogen) atoms. The molecule has 3 nitrogen and oxygen atoms in total. The molecule has 1 saturated carbocycles. The van der Waals surface area contributed by atoms with Crippen molar-refractivity contribution in [3.8, 4) is 0 Å². The van der Waals surface area contributed by atoms with Gasteiger partial charge < -0.3 is 10.4 Å². The van der Waals surface area contributed by atoms with E-state index in [0.717, 1.165) is 25.8 Å². The van der Waals surface area contributed by atoms with Crippen LogP contribution < -0.4 is 5.32 Å². The van der Waals surface area contributed by atoms with E-state index in [-0.39, 0.29) is 0 Å². The minimum atomic E-state index is -0.690. The van der Waals surface area contributed by atoms with E-state index < -0.39 is 5.97 Å². The minimum Gasteiger partial charge on any atom is -0.481 e. The van der Waals surface area contributed by atoms with E-state index in [1.54, 1.807) is 0 Å². The Hall–Kier alpha value is -0.990. The quantitative estimate of drug-likeness (QED) is 0.639. The van der Waals surface area contributed by atoms with E-state index in [1.165, 1.54) is 37.8 Å². The van der Waals surface area contributed by atoms with Gasteiger partial charge in [0, 0.05) is 18.7 Å². The zero-order valence-corrected chi connectivity index (χ0v) is 10.7. The third-order valence-electron chi connectivity index (χ3n) is 3.52. The van der Waals surface area contributed by atoms with Gasteiger partial charge in [-0.25, -0.2) is 0 Å². The second-order valence-corrected chi connectivity index (χ2v) is 4.99. The lowest BCUT2D eigenvalue weighted by Crippen LogP contribution is -2.22. The number of nitrogens with one attached hydrogen (secondary N) is 1. The summed E-state index contributed by atoms with van der Waals surface area (Å²) in [5.74, 6) is -0.0210. The van der Waals surface area contributed by atoms with E-state index in [0.29, 0.717) is 12.3 Å². The molecule has 0 saturated heterocycles. The van der Waals surface area contributed by atoms with Gasteiger partial charge in [-0.05, 0) is 31.6 Å². The zero-order valence-electron chi connectivity index (χ0n) is 10.7. The van der Waals surface area contributed by atoms with Crippen LogP contribution in [0.15, 0.2) is 12.3 Å². The molecule has 98 valence electrons. The van der Waals surface area contributed by atoms with Crippen molar-refractivity contribution in [2.24, 2.45) is 5.92 Å². The first-order chi connectivity index (χ1) is 8.20. The van der Waals surface area contributed by atoms with Crippen LogP contribution in [0.1, 0.15) is 57.8 Å². The Morgan fingerprint density at radius 3 is 2.53 bits per heavy atom. The molecule has 0 aromatic heterocycles. The van der Waals surface area contributed by atoms with E-state index in [2.05, 4.69) is 11.9 Å². The average molecular weight is 239 g/mol. The van der Waals surface area contributed by atoms with Crippen molar-refractivity contribution in [2.45, 2.75) is 57.8 Å². The maximum atomic E-state index is 10.3. The third kappa shape index (κ3) is 6.35. The molecule has 0 aliphatic heterocycles. The molecule has 3 heteroatoms. The predicted molar refractivity (Wildman–Crippen MR) is 69.8 cm³/mol. The van der Waals surface area contributed by atoms with Crippen LogP contribution in [0.25, 0.3) is 0 Å². The van der Waals surface area contributed by atoms with Crippen LogP contribution in [0.5, 0.6) is 0 Å². The molecular formula is C14H25NO2. The molecule has 0 unspecified atom stereocenters. The van der Waals surface area contributed by atoms with Crippen molar-refractivity contribution in [1.82, 2.24) is 5.32 Å². The standard InChI is InChI=1S/C14H25NO2/c1-12(13-8-4-2-5-9-13)15-11-7-3-6-10-14(16)17/h13,15H,1-11H2,(H,16,17). The molecule has 0 heterocycles. The number of unbranched alkanes of at least 4 members (excludes halogenated alkanes) is 2. The number of carboxylic acid groups (broad SMARTS) is 1. The lowest BCUT2D eigenvalue weighted by atomic mass is 9.87. The summed E-state index contributed by atoms with van der Waals surface area (Å²) in [4.78, 5) is 10.3. The summed E-state index contributed by atoms with van der Waals surface area (Å²) in [7, 11) is 0. The van der Waals surface area contributed by atoms with Crippen LogP contribution in [-0.2, 0) is 4.79 Å². The Morgan fingerprint density at radius 1 is 1.18 bits per heavy atom. The average Bonchev–Trinajstić information content (AvgIpc) is 2.34. The van der Waals surface area contributed by atoms with Crippen molar-refractivity contribution < 1.29 is 9.90 Å². The molecule has 1 aliphatic rings. The van der Waals surface area contributed by atoms with E-state index in [4.69, 9.17) is 5.11 Å². The molecule has 1 aliphatic carbocycles. The van der Waals surface area contributed by atoms with Crippen molar-refractivity contribution in [2.75, 3.05) is 6.54 Å². The van der Waals surface area contributed by atoms with Crippen LogP contribution in [-0.4, -0.2) is 17.6 Å². The largest absolute Gasteiger partial charge is 0.481 e. The van der Waals surface area contributed by atoms with Crippen LogP contribution >= 0.6 is 0 Å². The summed E-state index contributed by atoms with van der Waals surface area (Å²) in [6.45, 7) is 5.06. The minimum absolute atomic E-state index is 0.295. The maximum absolute atomic E-state index is 10.3. The summed E-state index contributed by atoms with van der Waals surface area (Å²) in [6.07, 6.45) is 9.72. The Balaban J connectivity index is 1.98. The highest BCUT2D eigenvalue weighted by atomic mass is 16.4. The number of allylic oxidation sites excluding steroid dienone is 1. The van der Waals surface area contributed by atoms with Crippen molar-refractivity contribution in [3.63, 3.8) is 0 Å². The lowest BCUT2D eigenvalue weighted by Gasteiger charge is -2.24. The topological polar surface area (TPSA) is 49.3 Å². The highest BCUT2D eigenvalue weighted by Crippen LogP contribution is 2.27. The van der Waals surface area contributed by atoms with Gasteiger partial charge in [0.05, 0.1) is 0 Å². The van der Waals surface area contributed by atoms with Crippen molar-refractivity contribution >= 4 is 5.97 Å². The van der Waals surface area contributed by atoms with Gasteiger partial charge in [-0.15, -0.1) is 0 Å². The molecule has 0 bridgehead atoms. The Kier molecular flexibility index (Phi) is 6.75. The smallest absolute Gasteiger partial charge is 0.303 e. The Morgan fingerprint density at radius 2 is 1.88 bits per heavy atom. The third-order valence-corrected chi connectivity index (χ3v) is 3.52. The first-order valence-corrected chi connectivity index (χ1v) is 6.84. The molecule has 1 fully saturated rings. The fraction of sp³-hybridized carbons (Fsp3) is 0.786. The van der Waals surface area contributed by atoms with Gasteiger partial charge in [0.1, 0.15) is 0 Å². The van der Waals surface area contributed by atoms with Crippen molar-refractivity contribution in [1.29, 1.82) is 0 Å². The molecule has 0 amide bonds. The lowest BCUT2D eigenvalue weighted by molar-refractivity contribution is -0.137. The summed E-state index contributed by atoms with van der Waals surface area (Å²) >= 11 is 0. The Labute approximate surface area is 104 Å². The fourth-order valence-corrected chi connectivity index (χ4v) is 2.42. The maximum Gasteiger partial charge on any atom is 0.303 e. The number of carbonyl (C=O) groups is 1. The normalized spacial score (nSPS) is 16.7. The van der Waals surface area contributed by atoms with E-state index in [9.17, 15) is 4.79 Å². The van der Waals surface area contributed by atoms with Crippen molar-refractivity contribution in [3.05, 3.63) is 12.3 Å². The van der Waals surface area contributed by atoms with Crippen LogP contribution in [0.2, 0.25) is 0 Å². The fourth-order valence-electron chi connectivity index (χ4n) is 2.42. The van der Waals surface area contributed by atoms with Gasteiger partial charge >= 0.3 is 5.97 Å². The first kappa shape index (κ1) is 14.1. The molecule has 0 spiro atoms. The van der Waals surface area contributed by atoms with Gasteiger partial charge in [0.15, 0.2) is 0 Å². The number of carboxylic acids is 1. The molecule has 2 N–H and O–H groups in total. The van der Waals surface area contributed by atoms with Gasteiger partial charge in [-0.1, -0.05) is 32.3 Å². The number of hydrogen-bond donors (Lipinski definition) is 2. The van der Waals surface area contributed by atoms with Gasteiger partial charge in [0.2, 0.25) is 0 Å². The summed E-state index contributed by atoms with van der Waals surface area (Å²) in [6, 6.07) is 0. The molecule has 0 aromatic carbocycles. The zero-order chi connectivity index (χ0) is 12.5. The summed E-state index contributed by atoms with van der Waals surface area (Å²) in [5.41, 5.74) is 1.20. The number of rotatable bonds is 8. The van der Waals surface area contributed by atoms with Gasteiger partial charge in [-0.2, -0.15) is 0 Å². The monoisotopic (exact) mass is 239 g/mol. The Bertz CT molecular complexity index is 245. The molecule has 0 atom stereocenters. The molecule has 0 radical (unpaired) electrons. The predicted octanol–water partition coefficient (Wildman–Crippen LogP) is 3.32. The first-order valence-electron chi connectivity index (χ1n) is 6.84. The highest BCUT2D eigenvalue weighted by molar-refractivity contribution is 5.66. The van der Waals surface area contributed by atoms with Crippen LogP contribution in [0, 0.1) is 5.92 Å². The molecular weight excluding hydrogens is 214 g/mol. The van der Waals surface area contributed by atoms with Gasteiger partial charge in [0.25, 0.3) is 0 Å². The SMILES string of the molecule is C=C(NCCCCCC(=O)O)C1CCCCC1. The number of aliphatic carboxylic acids is 1. The van der Waals surface area contributed by atoms with Crippen LogP contribution in [0.4, 0.5) is 0 Å². The van der Waals surface area contributed by atoms with E-state index >= 15 is 0 Å².